The number of aromatic nitrogens is 2. The molecule has 3 N–H and O–H groups in total. The number of aryl methyl sites for hydroxylation is 1. The van der Waals surface area contributed by atoms with Crippen LogP contribution < -0.4 is 11.0 Å². The average molecular weight is 315 g/mol. The number of hydrogen-bond acceptors (Lipinski definition) is 6. The number of nitrogens with zero attached hydrogens (tertiary/aromatic N) is 1. The van der Waals surface area contributed by atoms with Crippen molar-refractivity contribution in [3.63, 3.8) is 0 Å². The van der Waals surface area contributed by atoms with Crippen LogP contribution in [0.2, 0.25) is 0 Å². The second kappa shape index (κ2) is 7.58. The molecule has 0 spiro atoms. The summed E-state index contributed by atoms with van der Waals surface area (Å²) >= 11 is 1.22. The van der Waals surface area contributed by atoms with Gasteiger partial charge in [-0.3, -0.25) is 4.79 Å². The van der Waals surface area contributed by atoms with Gasteiger partial charge in [0.15, 0.2) is 0 Å². The van der Waals surface area contributed by atoms with Crippen LogP contribution in [-0.4, -0.2) is 53.1 Å². The van der Waals surface area contributed by atoms with Crippen LogP contribution in [-0.2, 0) is 4.74 Å². The van der Waals surface area contributed by atoms with E-state index in [0.717, 1.165) is 0 Å². The molecule has 0 aliphatic heterocycles. The minimum Gasteiger partial charge on any atom is -0.388 e. The number of thioether (sulfide) groups is 1. The minimum absolute atomic E-state index is 0.0849. The van der Waals surface area contributed by atoms with Crippen molar-refractivity contribution in [1.82, 2.24) is 15.3 Å². The zero-order chi connectivity index (χ0) is 16.0. The average Bonchev–Trinajstić information content (AvgIpc) is 2.42. The van der Waals surface area contributed by atoms with Crippen LogP contribution in [0.3, 0.4) is 0 Å². The lowest BCUT2D eigenvalue weighted by Crippen LogP contribution is -2.42. The third-order valence-electron chi connectivity index (χ3n) is 2.98. The molecule has 0 bridgehead atoms. The van der Waals surface area contributed by atoms with E-state index in [1.807, 2.05) is 0 Å². The first-order valence-electron chi connectivity index (χ1n) is 6.45. The normalized spacial score (nSPS) is 13.8. The maximum absolute atomic E-state index is 12.2. The third-order valence-corrected chi connectivity index (χ3v) is 3.66. The summed E-state index contributed by atoms with van der Waals surface area (Å²) in [5.41, 5.74) is -0.771. The number of ether oxygens (including phenoxy) is 1. The summed E-state index contributed by atoms with van der Waals surface area (Å²) in [5, 5.41) is 13.1. The molecule has 1 heterocycles. The largest absolute Gasteiger partial charge is 0.388 e. The van der Waals surface area contributed by atoms with Gasteiger partial charge in [-0.2, -0.15) is 4.98 Å². The van der Waals surface area contributed by atoms with Crippen molar-refractivity contribution in [1.29, 1.82) is 0 Å². The van der Waals surface area contributed by atoms with Gasteiger partial charge in [0.05, 0.1) is 11.2 Å². The summed E-state index contributed by atoms with van der Waals surface area (Å²) in [6, 6.07) is 0. The van der Waals surface area contributed by atoms with E-state index in [1.165, 1.54) is 11.8 Å². The molecule has 0 aromatic carbocycles. The van der Waals surface area contributed by atoms with E-state index in [0.29, 0.717) is 29.3 Å². The van der Waals surface area contributed by atoms with Gasteiger partial charge in [-0.05, 0) is 20.1 Å². The number of hydrogen-bond donors (Lipinski definition) is 3. The summed E-state index contributed by atoms with van der Waals surface area (Å²) in [6.07, 6.45) is 2.15. The van der Waals surface area contributed by atoms with Crippen LogP contribution >= 0.6 is 11.8 Å². The van der Waals surface area contributed by atoms with Crippen LogP contribution in [0.15, 0.2) is 9.82 Å². The molecule has 1 rings (SSSR count). The summed E-state index contributed by atoms with van der Waals surface area (Å²) in [7, 11) is 1.55. The van der Waals surface area contributed by atoms with Crippen LogP contribution in [0.25, 0.3) is 0 Å². The third kappa shape index (κ3) is 5.14. The van der Waals surface area contributed by atoms with Crippen molar-refractivity contribution < 1.29 is 14.6 Å². The van der Waals surface area contributed by atoms with Crippen molar-refractivity contribution in [2.24, 2.45) is 0 Å². The van der Waals surface area contributed by atoms with Crippen LogP contribution in [0.5, 0.6) is 0 Å². The Morgan fingerprint density at radius 3 is 2.81 bits per heavy atom. The molecular weight excluding hydrogens is 294 g/mol. The van der Waals surface area contributed by atoms with E-state index in [1.54, 1.807) is 27.2 Å². The molecule has 0 fully saturated rings. The molecule has 21 heavy (non-hydrogen) atoms. The SMILES string of the molecule is COCCC(C)(O)CNC(=O)c1c(SC)nc(=O)[nH]c1C. The van der Waals surface area contributed by atoms with Crippen molar-refractivity contribution in [3.8, 4) is 0 Å². The van der Waals surface area contributed by atoms with Crippen molar-refractivity contribution in [3.05, 3.63) is 21.7 Å². The Morgan fingerprint density at radius 1 is 1.57 bits per heavy atom. The fraction of sp³-hybridized carbons (Fsp3) is 0.615. The number of rotatable bonds is 7. The lowest BCUT2D eigenvalue weighted by atomic mass is 10.0. The molecule has 8 heteroatoms. The number of nitrogens with one attached hydrogen (secondary N) is 2. The van der Waals surface area contributed by atoms with E-state index >= 15 is 0 Å². The molecule has 1 aromatic rings. The van der Waals surface area contributed by atoms with Gasteiger partial charge in [0.25, 0.3) is 5.91 Å². The van der Waals surface area contributed by atoms with Gasteiger partial charge in [-0.1, -0.05) is 0 Å². The molecule has 1 amide bonds. The number of carbonyl (C=O) groups excluding carboxylic acids is 1. The Hall–Kier alpha value is -1.38. The summed E-state index contributed by atoms with van der Waals surface area (Å²) in [5.74, 6) is -0.377. The lowest BCUT2D eigenvalue weighted by molar-refractivity contribution is 0.0243. The second-order valence-corrected chi connectivity index (χ2v) is 5.77. The van der Waals surface area contributed by atoms with E-state index in [2.05, 4.69) is 15.3 Å². The van der Waals surface area contributed by atoms with Crippen molar-refractivity contribution in [2.75, 3.05) is 26.5 Å². The van der Waals surface area contributed by atoms with Crippen LogP contribution in [0.1, 0.15) is 29.4 Å². The summed E-state index contributed by atoms with van der Waals surface area (Å²) in [6.45, 7) is 3.75. The maximum atomic E-state index is 12.2. The zero-order valence-electron chi connectivity index (χ0n) is 12.6. The summed E-state index contributed by atoms with van der Waals surface area (Å²) in [4.78, 5) is 29.8. The van der Waals surface area contributed by atoms with Gasteiger partial charge >= 0.3 is 5.69 Å². The highest BCUT2D eigenvalue weighted by molar-refractivity contribution is 7.98. The molecule has 1 aromatic heterocycles. The standard InChI is InChI=1S/C13H21N3O4S/c1-8-9(11(21-4)16-12(18)15-8)10(17)14-7-13(2,19)5-6-20-3/h19H,5-7H2,1-4H3,(H,14,17)(H,15,16,18). The molecule has 0 saturated carbocycles. The molecule has 0 saturated heterocycles. The van der Waals surface area contributed by atoms with E-state index in [-0.39, 0.29) is 12.5 Å². The van der Waals surface area contributed by atoms with Gasteiger partial charge in [0, 0.05) is 32.4 Å². The summed E-state index contributed by atoms with van der Waals surface area (Å²) < 4.78 is 4.91. The topological polar surface area (TPSA) is 104 Å². The molecule has 7 nitrogen and oxygen atoms in total. The molecule has 0 aliphatic carbocycles. The first-order chi connectivity index (χ1) is 9.80. The molecule has 0 aliphatic rings. The quantitative estimate of drug-likeness (QED) is 0.494. The van der Waals surface area contributed by atoms with Gasteiger partial charge in [-0.25, -0.2) is 4.79 Å². The highest BCUT2D eigenvalue weighted by Crippen LogP contribution is 2.18. The molecule has 0 radical (unpaired) electrons. The predicted molar refractivity (Wildman–Crippen MR) is 80.8 cm³/mol. The fourth-order valence-electron chi connectivity index (χ4n) is 1.74. The fourth-order valence-corrected chi connectivity index (χ4v) is 2.37. The van der Waals surface area contributed by atoms with Gasteiger partial charge in [0.2, 0.25) is 0 Å². The number of amides is 1. The molecule has 1 atom stereocenters. The Labute approximate surface area is 127 Å². The van der Waals surface area contributed by atoms with E-state index < -0.39 is 11.3 Å². The van der Waals surface area contributed by atoms with E-state index in [4.69, 9.17) is 4.74 Å². The van der Waals surface area contributed by atoms with Crippen LogP contribution in [0.4, 0.5) is 0 Å². The van der Waals surface area contributed by atoms with Crippen LogP contribution in [0, 0.1) is 6.92 Å². The Bertz CT molecular complexity index is 557. The molecular formula is C13H21N3O4S. The lowest BCUT2D eigenvalue weighted by Gasteiger charge is -2.23. The Morgan fingerprint density at radius 2 is 2.24 bits per heavy atom. The van der Waals surface area contributed by atoms with Gasteiger partial charge < -0.3 is 20.1 Å². The van der Waals surface area contributed by atoms with Gasteiger partial charge in [-0.15, -0.1) is 11.8 Å². The zero-order valence-corrected chi connectivity index (χ0v) is 13.5. The second-order valence-electron chi connectivity index (χ2n) is 4.97. The number of carbonyl (C=O) groups is 1. The monoisotopic (exact) mass is 315 g/mol. The smallest absolute Gasteiger partial charge is 0.346 e. The number of aliphatic hydroxyl groups is 1. The van der Waals surface area contributed by atoms with Crippen molar-refractivity contribution >= 4 is 17.7 Å². The van der Waals surface area contributed by atoms with Crippen molar-refractivity contribution in [2.45, 2.75) is 30.9 Å². The number of H-pyrrole nitrogens is 1. The van der Waals surface area contributed by atoms with E-state index in [9.17, 15) is 14.7 Å². The Balaban J connectivity index is 2.83. The highest BCUT2D eigenvalue weighted by atomic mass is 32.2. The van der Waals surface area contributed by atoms with Gasteiger partial charge in [0.1, 0.15) is 5.03 Å². The highest BCUT2D eigenvalue weighted by Gasteiger charge is 2.23. The first-order valence-corrected chi connectivity index (χ1v) is 7.67. The molecule has 118 valence electrons. The number of aromatic amines is 1. The molecule has 1 unspecified atom stereocenters. The first kappa shape index (κ1) is 17.7. The maximum Gasteiger partial charge on any atom is 0.346 e. The number of methoxy groups -OCH3 is 1. The predicted octanol–water partition coefficient (Wildman–Crippen LogP) is 0.318. The minimum atomic E-state index is -1.06. The Kier molecular flexibility index (Phi) is 6.38.